The molecule has 1 aliphatic carbocycles. The normalized spacial score (nSPS) is 24.0. The molecule has 0 unspecified atom stereocenters. The van der Waals surface area contributed by atoms with Gasteiger partial charge in [-0.1, -0.05) is 6.92 Å². The standard InChI is InChI=1S/C17H21FN2O2S/c1-11-9-13(11)16(21)19-15-4-3-12(18)10-14(15)17(22)20-5-2-7-23-8-6-20/h3-4,10-11,13H,2,5-9H2,1H3,(H,19,21)/t11-,13-/m1/s1. The summed E-state index contributed by atoms with van der Waals surface area (Å²) in [5.74, 6) is 1.58. The highest BCUT2D eigenvalue weighted by Gasteiger charge is 2.39. The Hall–Kier alpha value is -1.56. The van der Waals surface area contributed by atoms with Gasteiger partial charge in [-0.2, -0.15) is 11.8 Å². The van der Waals surface area contributed by atoms with Crippen LogP contribution in [0.1, 0.15) is 30.1 Å². The molecule has 1 aliphatic heterocycles. The van der Waals surface area contributed by atoms with Crippen molar-refractivity contribution in [1.29, 1.82) is 0 Å². The first kappa shape index (κ1) is 16.3. The van der Waals surface area contributed by atoms with Crippen molar-refractivity contribution in [2.75, 3.05) is 29.9 Å². The molecule has 0 bridgehead atoms. The third kappa shape index (κ3) is 3.86. The van der Waals surface area contributed by atoms with Crippen molar-refractivity contribution < 1.29 is 14.0 Å². The van der Waals surface area contributed by atoms with E-state index in [9.17, 15) is 14.0 Å². The monoisotopic (exact) mass is 336 g/mol. The molecule has 6 heteroatoms. The van der Waals surface area contributed by atoms with Gasteiger partial charge in [0.2, 0.25) is 5.91 Å². The Kier molecular flexibility index (Phi) is 4.90. The maximum Gasteiger partial charge on any atom is 0.256 e. The fraction of sp³-hybridized carbons (Fsp3) is 0.529. The Balaban J connectivity index is 1.80. The summed E-state index contributed by atoms with van der Waals surface area (Å²) >= 11 is 1.82. The number of hydrogen-bond acceptors (Lipinski definition) is 3. The molecule has 124 valence electrons. The van der Waals surface area contributed by atoms with Gasteiger partial charge in [-0.15, -0.1) is 0 Å². The summed E-state index contributed by atoms with van der Waals surface area (Å²) in [6.45, 7) is 3.36. The van der Waals surface area contributed by atoms with E-state index in [2.05, 4.69) is 5.32 Å². The van der Waals surface area contributed by atoms with E-state index in [4.69, 9.17) is 0 Å². The van der Waals surface area contributed by atoms with Crippen LogP contribution in [-0.4, -0.2) is 41.3 Å². The molecule has 0 spiro atoms. The van der Waals surface area contributed by atoms with Gasteiger partial charge in [0.05, 0.1) is 11.3 Å². The maximum absolute atomic E-state index is 13.6. The number of anilines is 1. The molecule has 3 rings (SSSR count). The maximum atomic E-state index is 13.6. The first-order chi connectivity index (χ1) is 11.1. The minimum atomic E-state index is -0.463. The predicted molar refractivity (Wildman–Crippen MR) is 90.1 cm³/mol. The van der Waals surface area contributed by atoms with E-state index in [0.717, 1.165) is 24.3 Å². The highest BCUT2D eigenvalue weighted by molar-refractivity contribution is 7.99. The summed E-state index contributed by atoms with van der Waals surface area (Å²) in [6.07, 6.45) is 1.81. The van der Waals surface area contributed by atoms with E-state index < -0.39 is 5.82 Å². The second kappa shape index (κ2) is 6.91. The zero-order valence-electron chi connectivity index (χ0n) is 13.2. The third-order valence-electron chi connectivity index (χ3n) is 4.43. The summed E-state index contributed by atoms with van der Waals surface area (Å²) in [4.78, 5) is 26.7. The summed E-state index contributed by atoms with van der Waals surface area (Å²) in [5, 5.41) is 2.81. The number of rotatable bonds is 3. The van der Waals surface area contributed by atoms with Crippen LogP contribution in [-0.2, 0) is 4.79 Å². The molecule has 0 aromatic heterocycles. The van der Waals surface area contributed by atoms with Crippen LogP contribution in [0.2, 0.25) is 0 Å². The molecule has 1 saturated heterocycles. The predicted octanol–water partition coefficient (Wildman–Crippen LogP) is 3.00. The van der Waals surface area contributed by atoms with Crippen LogP contribution in [0.25, 0.3) is 0 Å². The van der Waals surface area contributed by atoms with Gasteiger partial charge < -0.3 is 10.2 Å². The molecule has 1 heterocycles. The van der Waals surface area contributed by atoms with Crippen LogP contribution in [0.3, 0.4) is 0 Å². The van der Waals surface area contributed by atoms with Crippen molar-refractivity contribution >= 4 is 29.3 Å². The molecule has 1 aromatic rings. The molecule has 4 nitrogen and oxygen atoms in total. The Morgan fingerprint density at radius 1 is 1.30 bits per heavy atom. The quantitative estimate of drug-likeness (QED) is 0.923. The van der Waals surface area contributed by atoms with Gasteiger partial charge in [0.25, 0.3) is 5.91 Å². The van der Waals surface area contributed by atoms with Crippen molar-refractivity contribution in [1.82, 2.24) is 4.90 Å². The van der Waals surface area contributed by atoms with Crippen molar-refractivity contribution in [2.45, 2.75) is 19.8 Å². The Morgan fingerprint density at radius 3 is 2.83 bits per heavy atom. The van der Waals surface area contributed by atoms with Crippen LogP contribution in [0, 0.1) is 17.7 Å². The first-order valence-electron chi connectivity index (χ1n) is 8.03. The average molecular weight is 336 g/mol. The second-order valence-electron chi connectivity index (χ2n) is 6.26. The number of carbonyl (C=O) groups excluding carboxylic acids is 2. The number of hydrogen-bond donors (Lipinski definition) is 1. The summed E-state index contributed by atoms with van der Waals surface area (Å²) in [7, 11) is 0. The number of halogens is 1. The lowest BCUT2D eigenvalue weighted by atomic mass is 10.1. The van der Waals surface area contributed by atoms with Crippen molar-refractivity contribution in [3.63, 3.8) is 0 Å². The first-order valence-corrected chi connectivity index (χ1v) is 9.19. The summed E-state index contributed by atoms with van der Waals surface area (Å²) in [5.41, 5.74) is 0.663. The highest BCUT2D eigenvalue weighted by atomic mass is 32.2. The summed E-state index contributed by atoms with van der Waals surface area (Å²) < 4.78 is 13.6. The number of nitrogens with one attached hydrogen (secondary N) is 1. The lowest BCUT2D eigenvalue weighted by Gasteiger charge is -2.21. The molecule has 2 amide bonds. The Bertz CT molecular complexity index is 615. The largest absolute Gasteiger partial charge is 0.338 e. The summed E-state index contributed by atoms with van der Waals surface area (Å²) in [6, 6.07) is 3.99. The van der Waals surface area contributed by atoms with Crippen molar-refractivity contribution in [3.05, 3.63) is 29.6 Å². The number of amides is 2. The zero-order chi connectivity index (χ0) is 16.4. The second-order valence-corrected chi connectivity index (χ2v) is 7.48. The highest BCUT2D eigenvalue weighted by Crippen LogP contribution is 2.38. The molecule has 23 heavy (non-hydrogen) atoms. The number of thioether (sulfide) groups is 1. The zero-order valence-corrected chi connectivity index (χ0v) is 14.0. The fourth-order valence-electron chi connectivity index (χ4n) is 2.83. The van der Waals surface area contributed by atoms with E-state index in [0.29, 0.717) is 24.7 Å². The van der Waals surface area contributed by atoms with Crippen LogP contribution in [0.4, 0.5) is 10.1 Å². The van der Waals surface area contributed by atoms with Gasteiger partial charge in [0.1, 0.15) is 5.82 Å². The molecule has 1 N–H and O–H groups in total. The minimum absolute atomic E-state index is 0.0117. The number of benzene rings is 1. The van der Waals surface area contributed by atoms with Gasteiger partial charge in [0, 0.05) is 24.8 Å². The molecule has 1 saturated carbocycles. The fourth-order valence-corrected chi connectivity index (χ4v) is 3.72. The van der Waals surface area contributed by atoms with Crippen LogP contribution in [0.5, 0.6) is 0 Å². The lowest BCUT2D eigenvalue weighted by Crippen LogP contribution is -2.33. The van der Waals surface area contributed by atoms with Crippen LogP contribution < -0.4 is 5.32 Å². The Morgan fingerprint density at radius 2 is 2.09 bits per heavy atom. The lowest BCUT2D eigenvalue weighted by molar-refractivity contribution is -0.117. The van der Waals surface area contributed by atoms with Crippen LogP contribution >= 0.6 is 11.8 Å². The molecular formula is C17H21FN2O2S. The molecule has 2 aliphatic rings. The average Bonchev–Trinajstić information content (AvgIpc) is 3.30. The SMILES string of the molecule is C[C@@H]1C[C@H]1C(=O)Nc1ccc(F)cc1C(=O)N1CCCSCC1. The molecule has 2 fully saturated rings. The van der Waals surface area contributed by atoms with Gasteiger partial charge in [-0.3, -0.25) is 9.59 Å². The van der Waals surface area contributed by atoms with E-state index in [1.807, 2.05) is 18.7 Å². The molecule has 2 atom stereocenters. The van der Waals surface area contributed by atoms with Gasteiger partial charge in [-0.25, -0.2) is 4.39 Å². The molecule has 1 aromatic carbocycles. The Labute approximate surface area is 139 Å². The van der Waals surface area contributed by atoms with Crippen molar-refractivity contribution in [2.24, 2.45) is 11.8 Å². The van der Waals surface area contributed by atoms with Crippen LogP contribution in [0.15, 0.2) is 18.2 Å². The van der Waals surface area contributed by atoms with E-state index in [-0.39, 0.29) is 23.3 Å². The van der Waals surface area contributed by atoms with Crippen molar-refractivity contribution in [3.8, 4) is 0 Å². The third-order valence-corrected chi connectivity index (χ3v) is 5.47. The van der Waals surface area contributed by atoms with Gasteiger partial charge in [0.15, 0.2) is 0 Å². The smallest absolute Gasteiger partial charge is 0.256 e. The van der Waals surface area contributed by atoms with E-state index in [1.54, 1.807) is 4.90 Å². The van der Waals surface area contributed by atoms with Gasteiger partial charge >= 0.3 is 0 Å². The topological polar surface area (TPSA) is 49.4 Å². The number of carbonyl (C=O) groups is 2. The molecular weight excluding hydrogens is 315 g/mol. The molecule has 0 radical (unpaired) electrons. The van der Waals surface area contributed by atoms with E-state index >= 15 is 0 Å². The number of nitrogens with zero attached hydrogens (tertiary/aromatic N) is 1. The van der Waals surface area contributed by atoms with E-state index in [1.165, 1.54) is 18.2 Å². The van der Waals surface area contributed by atoms with Gasteiger partial charge in [-0.05, 0) is 42.7 Å². The minimum Gasteiger partial charge on any atom is -0.338 e.